The molecule has 1 fully saturated rings. The quantitative estimate of drug-likeness (QED) is 0.710. The molecule has 6 nitrogen and oxygen atoms in total. The Morgan fingerprint density at radius 1 is 1.18 bits per heavy atom. The lowest BCUT2D eigenvalue weighted by Crippen LogP contribution is -3.10. The second-order valence-corrected chi connectivity index (χ2v) is 7.37. The number of carbonyl (C=O) groups excluding carboxylic acids is 2. The van der Waals surface area contributed by atoms with Gasteiger partial charge in [0.15, 0.2) is 6.54 Å². The predicted octanol–water partition coefficient (Wildman–Crippen LogP) is 2.00. The number of anilines is 2. The number of hydrogen-bond acceptors (Lipinski definition) is 3. The van der Waals surface area contributed by atoms with Crippen molar-refractivity contribution < 1.29 is 19.2 Å². The van der Waals surface area contributed by atoms with Gasteiger partial charge in [0.2, 0.25) is 5.91 Å². The summed E-state index contributed by atoms with van der Waals surface area (Å²) in [7, 11) is 1.95. The van der Waals surface area contributed by atoms with Crippen LogP contribution in [0.1, 0.15) is 12.8 Å². The Hall–Kier alpha value is -2.57. The molecule has 0 aromatic heterocycles. The van der Waals surface area contributed by atoms with Crippen molar-refractivity contribution in [2.24, 2.45) is 0 Å². The van der Waals surface area contributed by atoms with Crippen molar-refractivity contribution in [3.63, 3.8) is 0 Å². The molecule has 2 aromatic carbocycles. The van der Waals surface area contributed by atoms with E-state index in [9.17, 15) is 9.59 Å². The Morgan fingerprint density at radius 2 is 1.89 bits per heavy atom. The summed E-state index contributed by atoms with van der Waals surface area (Å²) in [6.45, 7) is 2.32. The molecule has 0 saturated carbocycles. The normalized spacial score (nSPS) is 14.8. The van der Waals surface area contributed by atoms with Gasteiger partial charge in [0.05, 0.1) is 7.05 Å². The van der Waals surface area contributed by atoms with Crippen LogP contribution in [0.2, 0.25) is 5.02 Å². The van der Waals surface area contributed by atoms with Gasteiger partial charge < -0.3 is 19.9 Å². The van der Waals surface area contributed by atoms with Crippen molar-refractivity contribution in [2.75, 3.05) is 43.5 Å². The third-order valence-corrected chi connectivity index (χ3v) is 4.86. The summed E-state index contributed by atoms with van der Waals surface area (Å²) in [6.07, 6.45) is 1.50. The minimum Gasteiger partial charge on any atom is -0.488 e. The summed E-state index contributed by atoms with van der Waals surface area (Å²) in [5, 5.41) is 3.57. The van der Waals surface area contributed by atoms with Crippen LogP contribution in [0, 0.1) is 0 Å². The first-order valence-electron chi connectivity index (χ1n) is 9.41. The summed E-state index contributed by atoms with van der Waals surface area (Å²) in [5.74, 6) is 0.857. The monoisotopic (exact) mass is 402 g/mol. The van der Waals surface area contributed by atoms with E-state index in [2.05, 4.69) is 5.32 Å². The molecule has 1 aliphatic heterocycles. The van der Waals surface area contributed by atoms with E-state index < -0.39 is 0 Å². The minimum absolute atomic E-state index is 0.0611. The Labute approximate surface area is 170 Å². The molecule has 7 heteroatoms. The van der Waals surface area contributed by atoms with Gasteiger partial charge in [-0.15, -0.1) is 0 Å². The largest absolute Gasteiger partial charge is 0.488 e. The number of benzene rings is 2. The molecular formula is C21H25ClN3O3+. The van der Waals surface area contributed by atoms with Crippen molar-refractivity contribution in [3.8, 4) is 5.75 Å². The van der Waals surface area contributed by atoms with Crippen molar-refractivity contribution in [1.29, 1.82) is 0 Å². The molecule has 1 aliphatic rings. The zero-order valence-corrected chi connectivity index (χ0v) is 16.7. The summed E-state index contributed by atoms with van der Waals surface area (Å²) in [4.78, 5) is 26.9. The predicted molar refractivity (Wildman–Crippen MR) is 110 cm³/mol. The molecule has 2 N–H and O–H groups in total. The maximum absolute atomic E-state index is 12.2. The third kappa shape index (κ3) is 5.71. The lowest BCUT2D eigenvalue weighted by atomic mass is 10.2. The zero-order chi connectivity index (χ0) is 19.9. The number of halogens is 1. The molecule has 1 unspecified atom stereocenters. The van der Waals surface area contributed by atoms with Gasteiger partial charge in [0, 0.05) is 29.4 Å². The second kappa shape index (κ2) is 9.57. The van der Waals surface area contributed by atoms with E-state index in [1.165, 1.54) is 0 Å². The van der Waals surface area contributed by atoms with Crippen molar-refractivity contribution in [1.82, 2.24) is 0 Å². The standard InChI is InChI=1S/C21H24ClN3O3/c1-24(13-14-28-19-10-4-16(22)5-11-19)15-20(26)23-17-6-8-18(9-7-17)25-12-2-3-21(25)27/h4-11H,2-3,12-15H2,1H3,(H,23,26)/p+1. The SMILES string of the molecule is C[NH+](CCOc1ccc(Cl)cc1)CC(=O)Nc1ccc(N2CCCC2=O)cc1. The van der Waals surface area contributed by atoms with E-state index in [1.54, 1.807) is 17.0 Å². The van der Waals surface area contributed by atoms with Crippen LogP contribution in [-0.2, 0) is 9.59 Å². The first kappa shape index (κ1) is 20.2. The van der Waals surface area contributed by atoms with E-state index in [1.807, 2.05) is 43.4 Å². The van der Waals surface area contributed by atoms with Gasteiger partial charge in [-0.1, -0.05) is 11.6 Å². The number of amides is 2. The van der Waals surface area contributed by atoms with Crippen molar-refractivity contribution in [2.45, 2.75) is 12.8 Å². The van der Waals surface area contributed by atoms with Crippen LogP contribution >= 0.6 is 11.6 Å². The van der Waals surface area contributed by atoms with Crippen molar-refractivity contribution in [3.05, 3.63) is 53.6 Å². The fourth-order valence-electron chi connectivity index (χ4n) is 3.09. The van der Waals surface area contributed by atoms with E-state index >= 15 is 0 Å². The maximum Gasteiger partial charge on any atom is 0.279 e. The molecule has 3 rings (SSSR count). The molecule has 28 heavy (non-hydrogen) atoms. The number of quaternary nitrogens is 1. The highest BCUT2D eigenvalue weighted by Gasteiger charge is 2.21. The number of nitrogens with one attached hydrogen (secondary N) is 2. The van der Waals surface area contributed by atoms with Gasteiger partial charge in [-0.2, -0.15) is 0 Å². The smallest absolute Gasteiger partial charge is 0.279 e. The van der Waals surface area contributed by atoms with Crippen LogP contribution in [0.15, 0.2) is 48.5 Å². The minimum atomic E-state index is -0.0611. The molecule has 0 bridgehead atoms. The van der Waals surface area contributed by atoms with Crippen LogP contribution < -0.4 is 19.9 Å². The molecule has 0 aliphatic carbocycles. The Balaban J connectivity index is 1.40. The molecule has 2 aromatic rings. The van der Waals surface area contributed by atoms with Gasteiger partial charge in [-0.3, -0.25) is 9.59 Å². The molecule has 1 saturated heterocycles. The zero-order valence-electron chi connectivity index (χ0n) is 15.9. The van der Waals surface area contributed by atoms with E-state index in [-0.39, 0.29) is 11.8 Å². The highest BCUT2D eigenvalue weighted by atomic mass is 35.5. The Bertz CT molecular complexity index is 809. The Kier molecular flexibility index (Phi) is 6.90. The highest BCUT2D eigenvalue weighted by Crippen LogP contribution is 2.22. The van der Waals surface area contributed by atoms with E-state index in [0.717, 1.165) is 35.0 Å². The number of likely N-dealkylation sites (N-methyl/N-ethyl adjacent to an activating group) is 1. The fourth-order valence-corrected chi connectivity index (χ4v) is 3.21. The molecular weight excluding hydrogens is 378 g/mol. The van der Waals surface area contributed by atoms with Crippen LogP contribution in [0.3, 0.4) is 0 Å². The molecule has 0 spiro atoms. The maximum atomic E-state index is 12.2. The van der Waals surface area contributed by atoms with Crippen LogP contribution in [0.4, 0.5) is 11.4 Å². The summed E-state index contributed by atoms with van der Waals surface area (Å²) in [6, 6.07) is 14.6. The van der Waals surface area contributed by atoms with Crippen LogP contribution in [-0.4, -0.2) is 45.1 Å². The van der Waals surface area contributed by atoms with E-state index in [4.69, 9.17) is 16.3 Å². The average molecular weight is 403 g/mol. The lowest BCUT2D eigenvalue weighted by molar-refractivity contribution is -0.871. The lowest BCUT2D eigenvalue weighted by Gasteiger charge is -2.17. The van der Waals surface area contributed by atoms with Gasteiger partial charge in [0.1, 0.15) is 18.9 Å². The van der Waals surface area contributed by atoms with E-state index in [0.29, 0.717) is 31.1 Å². The molecule has 0 radical (unpaired) electrons. The molecule has 148 valence electrons. The third-order valence-electron chi connectivity index (χ3n) is 4.61. The summed E-state index contributed by atoms with van der Waals surface area (Å²) in [5.41, 5.74) is 1.60. The topological polar surface area (TPSA) is 63.1 Å². The van der Waals surface area contributed by atoms with Gasteiger partial charge in [-0.05, 0) is 55.0 Å². The van der Waals surface area contributed by atoms with Crippen molar-refractivity contribution >= 4 is 34.8 Å². The summed E-state index contributed by atoms with van der Waals surface area (Å²) >= 11 is 5.85. The second-order valence-electron chi connectivity index (χ2n) is 6.93. The summed E-state index contributed by atoms with van der Waals surface area (Å²) < 4.78 is 5.66. The van der Waals surface area contributed by atoms with Gasteiger partial charge in [0.25, 0.3) is 5.91 Å². The highest BCUT2D eigenvalue weighted by molar-refractivity contribution is 6.30. The Morgan fingerprint density at radius 3 is 2.54 bits per heavy atom. The molecule has 1 atom stereocenters. The molecule has 1 heterocycles. The molecule has 2 amide bonds. The van der Waals surface area contributed by atoms with Crippen LogP contribution in [0.25, 0.3) is 0 Å². The van der Waals surface area contributed by atoms with Gasteiger partial charge in [-0.25, -0.2) is 0 Å². The van der Waals surface area contributed by atoms with Gasteiger partial charge >= 0.3 is 0 Å². The van der Waals surface area contributed by atoms with Crippen LogP contribution in [0.5, 0.6) is 5.75 Å². The average Bonchev–Trinajstić information content (AvgIpc) is 3.10. The first-order chi connectivity index (χ1) is 13.5. The number of rotatable bonds is 8. The fraction of sp³-hybridized carbons (Fsp3) is 0.333. The number of nitrogens with zero attached hydrogens (tertiary/aromatic N) is 1. The first-order valence-corrected chi connectivity index (χ1v) is 9.79. The number of hydrogen-bond donors (Lipinski definition) is 2. The number of carbonyl (C=O) groups is 2. The number of ether oxygens (including phenoxy) is 1.